The minimum atomic E-state index is -0.988. The number of carbonyl (C=O) groups excluding carboxylic acids is 1. The van der Waals surface area contributed by atoms with Crippen LogP contribution in [0.25, 0.3) is 33.4 Å². The first-order valence-electron chi connectivity index (χ1n) is 8.91. The van der Waals surface area contributed by atoms with E-state index in [4.69, 9.17) is 5.11 Å². The zero-order chi connectivity index (χ0) is 19.3. The van der Waals surface area contributed by atoms with Crippen molar-refractivity contribution in [3.63, 3.8) is 0 Å². The Morgan fingerprint density at radius 2 is 1.90 bits per heavy atom. The van der Waals surface area contributed by atoms with Gasteiger partial charge in [0.25, 0.3) is 5.91 Å². The van der Waals surface area contributed by atoms with Crippen molar-refractivity contribution in [1.82, 2.24) is 20.3 Å². The van der Waals surface area contributed by atoms with Gasteiger partial charge in [0.05, 0.1) is 11.3 Å². The topological polar surface area (TPSA) is 111 Å². The molecule has 7 nitrogen and oxygen atoms in total. The molecular weight excluding hydrogens is 392 g/mol. The van der Waals surface area contributed by atoms with Crippen molar-refractivity contribution < 1.29 is 14.7 Å². The summed E-state index contributed by atoms with van der Waals surface area (Å²) < 4.78 is 0. The Labute approximate surface area is 171 Å². The number of halogens is 1. The van der Waals surface area contributed by atoms with Crippen molar-refractivity contribution in [3.05, 3.63) is 65.6 Å². The lowest BCUT2D eigenvalue weighted by Crippen LogP contribution is -2.31. The predicted octanol–water partition coefficient (Wildman–Crippen LogP) is 3.63. The number of carbonyl (C=O) groups is 2. The fourth-order valence-corrected chi connectivity index (χ4v) is 3.61. The van der Waals surface area contributed by atoms with Gasteiger partial charge in [0.1, 0.15) is 5.69 Å². The van der Waals surface area contributed by atoms with Crippen LogP contribution in [0.3, 0.4) is 0 Å². The summed E-state index contributed by atoms with van der Waals surface area (Å²) in [4.78, 5) is 33.9. The van der Waals surface area contributed by atoms with Gasteiger partial charge in [-0.1, -0.05) is 12.1 Å². The number of amides is 1. The Bertz CT molecular complexity index is 1260. The quantitative estimate of drug-likeness (QED) is 0.414. The summed E-state index contributed by atoms with van der Waals surface area (Å²) in [5.74, 6) is -1.04. The van der Waals surface area contributed by atoms with Gasteiger partial charge in [0.15, 0.2) is 0 Å². The molecule has 0 unspecified atom stereocenters. The van der Waals surface area contributed by atoms with E-state index in [1.54, 1.807) is 12.3 Å². The fourth-order valence-electron chi connectivity index (χ4n) is 3.61. The molecule has 0 bridgehead atoms. The van der Waals surface area contributed by atoms with E-state index in [0.717, 1.165) is 45.5 Å². The normalized spacial score (nSPS) is 12.9. The van der Waals surface area contributed by atoms with E-state index in [1.807, 2.05) is 36.4 Å². The van der Waals surface area contributed by atoms with Gasteiger partial charge >= 0.3 is 5.97 Å². The number of pyridine rings is 1. The summed E-state index contributed by atoms with van der Waals surface area (Å²) >= 11 is 0. The summed E-state index contributed by atoms with van der Waals surface area (Å²) in [6.45, 7) is 0.641. The van der Waals surface area contributed by atoms with Gasteiger partial charge in [-0.15, -0.1) is 12.4 Å². The van der Waals surface area contributed by atoms with Gasteiger partial charge in [-0.2, -0.15) is 0 Å². The highest BCUT2D eigenvalue weighted by atomic mass is 35.5. The molecule has 146 valence electrons. The lowest BCUT2D eigenvalue weighted by Gasteiger charge is -2.10. The first-order chi connectivity index (χ1) is 13.6. The zero-order valence-corrected chi connectivity index (χ0v) is 16.0. The molecular formula is C21H17ClN4O3. The highest BCUT2D eigenvalue weighted by Gasteiger charge is 2.20. The van der Waals surface area contributed by atoms with E-state index in [0.29, 0.717) is 12.1 Å². The SMILES string of the molecule is Cl.O=C(O)c1cc2ccc(-c3cc(-c4cc5c([nH]4)CCNC5=O)ccn3)cc2[nH]1. The number of aromatic nitrogens is 3. The molecule has 0 spiro atoms. The zero-order valence-electron chi connectivity index (χ0n) is 15.2. The number of aromatic carboxylic acids is 1. The van der Waals surface area contributed by atoms with Crippen LogP contribution in [0.5, 0.6) is 0 Å². The summed E-state index contributed by atoms with van der Waals surface area (Å²) in [5, 5.41) is 12.8. The summed E-state index contributed by atoms with van der Waals surface area (Å²) in [5.41, 5.74) is 5.99. The number of carboxylic acid groups (broad SMARTS) is 1. The lowest BCUT2D eigenvalue weighted by molar-refractivity contribution is 0.0691. The number of rotatable bonds is 3. The smallest absolute Gasteiger partial charge is 0.352 e. The molecule has 1 amide bonds. The molecule has 0 radical (unpaired) electrons. The Hall–Kier alpha value is -3.58. The molecule has 3 aromatic heterocycles. The van der Waals surface area contributed by atoms with E-state index in [-0.39, 0.29) is 24.0 Å². The monoisotopic (exact) mass is 408 g/mol. The number of hydrogen-bond acceptors (Lipinski definition) is 3. The second-order valence-corrected chi connectivity index (χ2v) is 6.80. The first kappa shape index (κ1) is 18.8. The van der Waals surface area contributed by atoms with E-state index in [9.17, 15) is 9.59 Å². The minimum Gasteiger partial charge on any atom is -0.477 e. The van der Waals surface area contributed by atoms with Gasteiger partial charge in [-0.25, -0.2) is 4.79 Å². The second-order valence-electron chi connectivity index (χ2n) is 6.80. The molecule has 4 N–H and O–H groups in total. The van der Waals surface area contributed by atoms with Crippen LogP contribution in [0.15, 0.2) is 48.7 Å². The van der Waals surface area contributed by atoms with E-state index < -0.39 is 5.97 Å². The Balaban J connectivity index is 0.00000205. The van der Waals surface area contributed by atoms with Gasteiger partial charge in [0.2, 0.25) is 0 Å². The third-order valence-corrected chi connectivity index (χ3v) is 5.02. The maximum absolute atomic E-state index is 12.0. The highest BCUT2D eigenvalue weighted by Crippen LogP contribution is 2.28. The van der Waals surface area contributed by atoms with E-state index in [2.05, 4.69) is 20.3 Å². The molecule has 1 aromatic carbocycles. The van der Waals surface area contributed by atoms with Gasteiger partial charge < -0.3 is 20.4 Å². The van der Waals surface area contributed by atoms with Gasteiger partial charge in [-0.3, -0.25) is 9.78 Å². The highest BCUT2D eigenvalue weighted by molar-refractivity contribution is 5.98. The van der Waals surface area contributed by atoms with Crippen LogP contribution in [0, 0.1) is 0 Å². The standard InChI is InChI=1S/C21H16N4O3.ClH/c26-20-14-10-18(24-15(14)4-6-23-20)13-3-5-22-16(7-13)11-1-2-12-9-19(21(27)28)25-17(12)8-11;/h1-3,5,7-10,24-25H,4,6H2,(H,23,26)(H,27,28);1H. The van der Waals surface area contributed by atoms with Crippen LogP contribution in [-0.2, 0) is 6.42 Å². The van der Waals surface area contributed by atoms with Gasteiger partial charge in [0, 0.05) is 52.6 Å². The molecule has 4 aromatic rings. The molecule has 0 saturated heterocycles. The molecule has 8 heteroatoms. The number of nitrogens with zero attached hydrogens (tertiary/aromatic N) is 1. The molecule has 0 aliphatic carbocycles. The Morgan fingerprint density at radius 1 is 1.03 bits per heavy atom. The maximum atomic E-state index is 12.0. The van der Waals surface area contributed by atoms with Crippen molar-refractivity contribution in [2.75, 3.05) is 6.54 Å². The largest absolute Gasteiger partial charge is 0.477 e. The van der Waals surface area contributed by atoms with Crippen LogP contribution < -0.4 is 5.32 Å². The van der Waals surface area contributed by atoms with E-state index >= 15 is 0 Å². The van der Waals surface area contributed by atoms with Crippen LogP contribution in [0.4, 0.5) is 0 Å². The molecule has 1 aliphatic rings. The first-order valence-corrected chi connectivity index (χ1v) is 8.91. The molecule has 0 saturated carbocycles. The number of fused-ring (bicyclic) bond motifs is 2. The molecule has 29 heavy (non-hydrogen) atoms. The summed E-state index contributed by atoms with van der Waals surface area (Å²) in [6.07, 6.45) is 2.51. The maximum Gasteiger partial charge on any atom is 0.352 e. The van der Waals surface area contributed by atoms with Crippen molar-refractivity contribution in [3.8, 4) is 22.5 Å². The average Bonchev–Trinajstić information content (AvgIpc) is 3.33. The van der Waals surface area contributed by atoms with E-state index in [1.165, 1.54) is 0 Å². The average molecular weight is 409 g/mol. The molecule has 4 heterocycles. The fraction of sp³-hybridized carbons (Fsp3) is 0.0952. The Kier molecular flexibility index (Phi) is 4.60. The molecule has 0 atom stereocenters. The van der Waals surface area contributed by atoms with Crippen LogP contribution in [-0.4, -0.2) is 38.5 Å². The number of nitrogens with one attached hydrogen (secondary N) is 3. The number of aromatic amines is 2. The van der Waals surface area contributed by atoms with Crippen LogP contribution >= 0.6 is 12.4 Å². The molecule has 1 aliphatic heterocycles. The number of H-pyrrole nitrogens is 2. The third kappa shape index (κ3) is 3.25. The molecule has 5 rings (SSSR count). The van der Waals surface area contributed by atoms with Gasteiger partial charge in [-0.05, 0) is 30.3 Å². The van der Waals surface area contributed by atoms with Crippen molar-refractivity contribution in [1.29, 1.82) is 0 Å². The second kappa shape index (κ2) is 7.10. The molecule has 0 fully saturated rings. The summed E-state index contributed by atoms with van der Waals surface area (Å²) in [7, 11) is 0. The predicted molar refractivity (Wildman–Crippen MR) is 112 cm³/mol. The Morgan fingerprint density at radius 3 is 2.69 bits per heavy atom. The summed E-state index contributed by atoms with van der Waals surface area (Å²) in [6, 6.07) is 13.0. The van der Waals surface area contributed by atoms with Crippen molar-refractivity contribution in [2.45, 2.75) is 6.42 Å². The lowest BCUT2D eigenvalue weighted by atomic mass is 10.1. The number of carboxylic acids is 1. The van der Waals surface area contributed by atoms with Crippen LogP contribution in [0.2, 0.25) is 0 Å². The van der Waals surface area contributed by atoms with Crippen molar-refractivity contribution in [2.24, 2.45) is 0 Å². The minimum absolute atomic E-state index is 0. The van der Waals surface area contributed by atoms with Crippen LogP contribution in [0.1, 0.15) is 26.5 Å². The van der Waals surface area contributed by atoms with Crippen molar-refractivity contribution >= 4 is 35.2 Å². The number of hydrogen-bond donors (Lipinski definition) is 4. The third-order valence-electron chi connectivity index (χ3n) is 5.02. The number of benzene rings is 1.